The summed E-state index contributed by atoms with van der Waals surface area (Å²) in [6, 6.07) is 3.48. The molecule has 2 aliphatic rings. The Balaban J connectivity index is 0.00000161. The summed E-state index contributed by atoms with van der Waals surface area (Å²) >= 11 is 2.78. The predicted octanol–water partition coefficient (Wildman–Crippen LogP) is -1.75. The number of carbonyl (C=O) groups is 2. The molecule has 5 nitrogen and oxygen atoms in total. The van der Waals surface area contributed by atoms with Gasteiger partial charge in [0.15, 0.2) is 0 Å². The van der Waals surface area contributed by atoms with Gasteiger partial charge < -0.3 is 14.3 Å². The van der Waals surface area contributed by atoms with E-state index in [1.54, 1.807) is 18.2 Å². The van der Waals surface area contributed by atoms with E-state index in [1.165, 1.54) is 34.7 Å². The van der Waals surface area contributed by atoms with Gasteiger partial charge in [-0.25, -0.2) is 0 Å². The zero-order chi connectivity index (χ0) is 14.3. The summed E-state index contributed by atoms with van der Waals surface area (Å²) in [5.41, 5.74) is 0.545. The molecule has 0 saturated carbocycles. The van der Waals surface area contributed by atoms with Crippen LogP contribution in [0.4, 0.5) is 0 Å². The van der Waals surface area contributed by atoms with E-state index in [2.05, 4.69) is 0 Å². The van der Waals surface area contributed by atoms with Crippen molar-refractivity contribution < 1.29 is 48.7 Å². The van der Waals surface area contributed by atoms with Crippen LogP contribution in [0.15, 0.2) is 38.3 Å². The average molecular weight is 331 g/mol. The fourth-order valence-corrected chi connectivity index (χ4v) is 4.67. The van der Waals surface area contributed by atoms with E-state index in [1.807, 2.05) is 6.92 Å². The Morgan fingerprint density at radius 1 is 1.62 bits per heavy atom. The topological polar surface area (TPSA) is 73.6 Å². The Kier molecular flexibility index (Phi) is 5.32. The van der Waals surface area contributed by atoms with Crippen LogP contribution in [0.1, 0.15) is 12.7 Å². The standard InChI is InChI=1S/C13H11NO4S2.Na/c1-2-19-13-9(12(16)17)14-10(15)8(11(14)20-13)6-7-4-3-5-18-7;/h3-6,11H,2H2,1H3,(H,16,17);/q;+1/p-1/t11-;/m1./s1. The van der Waals surface area contributed by atoms with E-state index in [0.29, 0.717) is 15.6 Å². The molecule has 1 atom stereocenters. The molecule has 104 valence electrons. The van der Waals surface area contributed by atoms with Crippen molar-refractivity contribution in [3.8, 4) is 0 Å². The van der Waals surface area contributed by atoms with Crippen LogP contribution in [0.25, 0.3) is 6.08 Å². The van der Waals surface area contributed by atoms with Crippen molar-refractivity contribution in [3.05, 3.63) is 39.7 Å². The first kappa shape index (κ1) is 16.8. The molecule has 1 saturated heterocycles. The van der Waals surface area contributed by atoms with Gasteiger partial charge in [-0.15, -0.1) is 11.8 Å². The molecule has 1 fully saturated rings. The van der Waals surface area contributed by atoms with Gasteiger partial charge in [-0.05, 0) is 24.0 Å². The van der Waals surface area contributed by atoms with Crippen LogP contribution in [0.3, 0.4) is 0 Å². The predicted molar refractivity (Wildman–Crippen MR) is 75.1 cm³/mol. The third-order valence-electron chi connectivity index (χ3n) is 2.93. The molecule has 1 aromatic heterocycles. The summed E-state index contributed by atoms with van der Waals surface area (Å²) in [5, 5.41) is 10.9. The molecule has 0 spiro atoms. The molecule has 2 aliphatic heterocycles. The zero-order valence-corrected chi connectivity index (χ0v) is 15.1. The van der Waals surface area contributed by atoms with Gasteiger partial charge in [0.05, 0.1) is 27.7 Å². The third-order valence-corrected chi connectivity index (χ3v) is 5.41. The number of fused-ring (bicyclic) bond motifs is 1. The molecular weight excluding hydrogens is 321 g/mol. The maximum atomic E-state index is 12.1. The second-order valence-corrected chi connectivity index (χ2v) is 6.74. The molecule has 0 N–H and O–H groups in total. The number of carbonyl (C=O) groups excluding carboxylic acids is 2. The maximum Gasteiger partial charge on any atom is 1.00 e. The molecule has 0 aliphatic carbocycles. The minimum atomic E-state index is -1.30. The van der Waals surface area contributed by atoms with Crippen LogP contribution >= 0.6 is 23.5 Å². The monoisotopic (exact) mass is 331 g/mol. The quantitative estimate of drug-likeness (QED) is 0.370. The number of furan rings is 1. The van der Waals surface area contributed by atoms with Crippen molar-refractivity contribution in [2.45, 2.75) is 12.3 Å². The van der Waals surface area contributed by atoms with Crippen LogP contribution < -0.4 is 34.7 Å². The second-order valence-electron chi connectivity index (χ2n) is 4.12. The van der Waals surface area contributed by atoms with Gasteiger partial charge in [0.25, 0.3) is 5.91 Å². The van der Waals surface area contributed by atoms with E-state index < -0.39 is 5.97 Å². The van der Waals surface area contributed by atoms with Crippen LogP contribution in [-0.4, -0.2) is 27.9 Å². The number of amides is 1. The van der Waals surface area contributed by atoms with E-state index in [9.17, 15) is 14.7 Å². The minimum absolute atomic E-state index is 0. The SMILES string of the molecule is CCSC1=C(C(=O)[O-])N2C(=O)C(=Cc3ccco3)[C@H]2S1.[Na+]. The molecule has 3 rings (SSSR count). The minimum Gasteiger partial charge on any atom is -0.543 e. The number of aliphatic carboxylic acids is 1. The van der Waals surface area contributed by atoms with Gasteiger partial charge in [0.2, 0.25) is 0 Å². The van der Waals surface area contributed by atoms with Gasteiger partial charge in [-0.3, -0.25) is 9.69 Å². The largest absolute Gasteiger partial charge is 1.00 e. The molecule has 0 radical (unpaired) electrons. The summed E-state index contributed by atoms with van der Waals surface area (Å²) in [4.78, 5) is 24.6. The Morgan fingerprint density at radius 2 is 2.38 bits per heavy atom. The first-order valence-electron chi connectivity index (χ1n) is 5.97. The van der Waals surface area contributed by atoms with E-state index in [0.717, 1.165) is 5.75 Å². The first-order chi connectivity index (χ1) is 9.63. The van der Waals surface area contributed by atoms with Crippen LogP contribution in [0, 0.1) is 0 Å². The Hall–Kier alpha value is -0.600. The number of hydrogen-bond acceptors (Lipinski definition) is 6. The number of hydrogen-bond donors (Lipinski definition) is 0. The number of thioether (sulfide) groups is 2. The van der Waals surface area contributed by atoms with Crippen LogP contribution in [0.2, 0.25) is 0 Å². The zero-order valence-electron chi connectivity index (χ0n) is 11.5. The van der Waals surface area contributed by atoms with Gasteiger partial charge in [-0.2, -0.15) is 0 Å². The Bertz CT molecular complexity index is 639. The first-order valence-corrected chi connectivity index (χ1v) is 7.83. The van der Waals surface area contributed by atoms with Crippen LogP contribution in [0.5, 0.6) is 0 Å². The van der Waals surface area contributed by atoms with E-state index in [4.69, 9.17) is 4.42 Å². The average Bonchev–Trinajstić information content (AvgIpc) is 3.02. The number of carboxylic acids is 1. The normalized spacial score (nSPS) is 22.1. The van der Waals surface area contributed by atoms with E-state index in [-0.39, 0.29) is 46.5 Å². The molecule has 0 unspecified atom stereocenters. The second kappa shape index (κ2) is 6.66. The smallest absolute Gasteiger partial charge is 0.543 e. The Labute approximate surface area is 152 Å². The molecule has 0 aromatic carbocycles. The van der Waals surface area contributed by atoms with Gasteiger partial charge in [0.1, 0.15) is 11.1 Å². The number of carboxylic acid groups (broad SMARTS) is 1. The number of nitrogens with zero attached hydrogens (tertiary/aromatic N) is 1. The molecule has 8 heteroatoms. The Morgan fingerprint density at radius 3 is 2.95 bits per heavy atom. The van der Waals surface area contributed by atoms with Gasteiger partial charge >= 0.3 is 29.6 Å². The summed E-state index contributed by atoms with van der Waals surface area (Å²) in [6.07, 6.45) is 3.18. The fraction of sp³-hybridized carbons (Fsp3) is 0.231. The molecule has 21 heavy (non-hydrogen) atoms. The van der Waals surface area contributed by atoms with Crippen LogP contribution in [-0.2, 0) is 9.59 Å². The van der Waals surface area contributed by atoms with Gasteiger partial charge in [-0.1, -0.05) is 18.7 Å². The number of rotatable bonds is 4. The molecule has 1 aromatic rings. The summed E-state index contributed by atoms with van der Waals surface area (Å²) < 4.78 is 5.81. The van der Waals surface area contributed by atoms with Crippen molar-refractivity contribution in [1.82, 2.24) is 4.90 Å². The molecule has 0 bridgehead atoms. The van der Waals surface area contributed by atoms with Crippen molar-refractivity contribution in [2.24, 2.45) is 0 Å². The van der Waals surface area contributed by atoms with Crippen molar-refractivity contribution >= 4 is 41.5 Å². The summed E-state index contributed by atoms with van der Waals surface area (Å²) in [7, 11) is 0. The number of β-lactam (4-membered cyclic amide) rings is 1. The maximum absolute atomic E-state index is 12.1. The summed E-state index contributed by atoms with van der Waals surface area (Å²) in [6.45, 7) is 1.93. The molecular formula is C13H10NNaO4S2. The van der Waals surface area contributed by atoms with Crippen molar-refractivity contribution in [1.29, 1.82) is 0 Å². The molecule has 3 heterocycles. The third kappa shape index (κ3) is 2.85. The molecule has 1 amide bonds. The van der Waals surface area contributed by atoms with Crippen molar-refractivity contribution in [2.75, 3.05) is 5.75 Å². The van der Waals surface area contributed by atoms with Gasteiger partial charge in [0, 0.05) is 0 Å². The summed E-state index contributed by atoms with van der Waals surface area (Å²) in [5.74, 6) is -0.281. The van der Waals surface area contributed by atoms with Crippen molar-refractivity contribution in [3.63, 3.8) is 0 Å². The van der Waals surface area contributed by atoms with E-state index >= 15 is 0 Å². The fourth-order valence-electron chi connectivity index (χ4n) is 2.09.